The summed E-state index contributed by atoms with van der Waals surface area (Å²) in [5, 5.41) is 11.9. The van der Waals surface area contributed by atoms with Crippen molar-refractivity contribution in [1.82, 2.24) is 5.32 Å². The average molecular weight is 293 g/mol. The molecule has 2 N–H and O–H groups in total. The van der Waals surface area contributed by atoms with E-state index in [2.05, 4.69) is 5.32 Å². The second-order valence-corrected chi connectivity index (χ2v) is 5.27. The van der Waals surface area contributed by atoms with Crippen molar-refractivity contribution in [2.45, 2.75) is 19.4 Å². The Morgan fingerprint density at radius 1 is 1.43 bits per heavy atom. The van der Waals surface area contributed by atoms with Gasteiger partial charge in [0.05, 0.1) is 32.3 Å². The largest absolute Gasteiger partial charge is 0.493 e. The molecule has 114 valence electrons. The lowest BCUT2D eigenvalue weighted by Gasteiger charge is -2.25. The lowest BCUT2D eigenvalue weighted by Crippen LogP contribution is -2.49. The van der Waals surface area contributed by atoms with Crippen LogP contribution in [0.4, 0.5) is 0 Å². The molecular formula is C15H19NO5. The molecule has 0 spiro atoms. The van der Waals surface area contributed by atoms with E-state index in [4.69, 9.17) is 9.47 Å². The van der Waals surface area contributed by atoms with E-state index in [1.54, 1.807) is 6.92 Å². The summed E-state index contributed by atoms with van der Waals surface area (Å²) in [4.78, 5) is 23.1. The Kier molecular flexibility index (Phi) is 4.80. The second kappa shape index (κ2) is 6.58. The van der Waals surface area contributed by atoms with Gasteiger partial charge in [0.15, 0.2) is 0 Å². The van der Waals surface area contributed by atoms with Crippen LogP contribution >= 0.6 is 0 Å². The van der Waals surface area contributed by atoms with Crippen molar-refractivity contribution in [3.8, 4) is 5.75 Å². The van der Waals surface area contributed by atoms with Gasteiger partial charge in [-0.3, -0.25) is 9.59 Å². The Hall–Kier alpha value is -2.08. The van der Waals surface area contributed by atoms with Crippen molar-refractivity contribution < 1.29 is 24.2 Å². The summed E-state index contributed by atoms with van der Waals surface area (Å²) in [5.41, 5.74) is -1.07. The summed E-state index contributed by atoms with van der Waals surface area (Å²) in [6.07, 6.45) is 0.168. The van der Waals surface area contributed by atoms with Crippen LogP contribution < -0.4 is 10.1 Å². The Morgan fingerprint density at radius 3 is 2.81 bits per heavy atom. The maximum Gasteiger partial charge on any atom is 0.313 e. The molecule has 6 heteroatoms. The van der Waals surface area contributed by atoms with E-state index in [0.29, 0.717) is 5.75 Å². The van der Waals surface area contributed by atoms with Gasteiger partial charge in [-0.2, -0.15) is 0 Å². The van der Waals surface area contributed by atoms with Crippen LogP contribution in [0.2, 0.25) is 0 Å². The number of carboxylic acids is 1. The zero-order chi connectivity index (χ0) is 15.3. The molecule has 1 aromatic rings. The van der Waals surface area contributed by atoms with Crippen LogP contribution in [0.25, 0.3) is 0 Å². The number of nitrogens with one attached hydrogen (secondary N) is 1. The van der Waals surface area contributed by atoms with Crippen molar-refractivity contribution in [1.29, 1.82) is 0 Å². The average Bonchev–Trinajstić information content (AvgIpc) is 2.83. The molecule has 0 radical (unpaired) electrons. The minimum Gasteiger partial charge on any atom is -0.493 e. The summed E-state index contributed by atoms with van der Waals surface area (Å²) in [7, 11) is 0. The first-order chi connectivity index (χ1) is 10.0. The molecule has 0 bridgehead atoms. The van der Waals surface area contributed by atoms with Gasteiger partial charge in [-0.1, -0.05) is 18.2 Å². The third-order valence-corrected chi connectivity index (χ3v) is 3.62. The van der Waals surface area contributed by atoms with Crippen molar-refractivity contribution in [3.05, 3.63) is 30.3 Å². The molecule has 0 saturated carbocycles. The topological polar surface area (TPSA) is 84.9 Å². The maximum absolute atomic E-state index is 11.9. The predicted octanol–water partition coefficient (Wildman–Crippen LogP) is 1.06. The molecule has 1 fully saturated rings. The number of para-hydroxylation sites is 1. The van der Waals surface area contributed by atoms with Crippen molar-refractivity contribution in [3.63, 3.8) is 0 Å². The molecule has 2 unspecified atom stereocenters. The van der Waals surface area contributed by atoms with E-state index >= 15 is 0 Å². The van der Waals surface area contributed by atoms with Crippen molar-refractivity contribution in [2.24, 2.45) is 5.41 Å². The van der Waals surface area contributed by atoms with Crippen LogP contribution in [0.1, 0.15) is 13.3 Å². The van der Waals surface area contributed by atoms with Gasteiger partial charge < -0.3 is 19.9 Å². The molecule has 21 heavy (non-hydrogen) atoms. The zero-order valence-electron chi connectivity index (χ0n) is 11.9. The fraction of sp³-hybridized carbons (Fsp3) is 0.467. The van der Waals surface area contributed by atoms with E-state index in [1.165, 1.54) is 0 Å². The summed E-state index contributed by atoms with van der Waals surface area (Å²) in [5.74, 6) is -0.510. The van der Waals surface area contributed by atoms with Gasteiger partial charge >= 0.3 is 5.97 Å². The lowest BCUT2D eigenvalue weighted by molar-refractivity contribution is -0.149. The number of carbonyl (C=O) groups is 2. The fourth-order valence-electron chi connectivity index (χ4n) is 2.13. The molecule has 1 aliphatic rings. The standard InChI is InChI=1S/C15H19NO5/c1-15(14(18)19)10-20-9-12(15)16-13(17)7-8-21-11-5-3-2-4-6-11/h2-6,12H,7-10H2,1H3,(H,16,17)(H,18,19). The van der Waals surface area contributed by atoms with E-state index in [0.717, 1.165) is 0 Å². The number of aliphatic carboxylic acids is 1. The third-order valence-electron chi connectivity index (χ3n) is 3.62. The van der Waals surface area contributed by atoms with Gasteiger partial charge in [-0.25, -0.2) is 0 Å². The van der Waals surface area contributed by atoms with Gasteiger partial charge in [-0.05, 0) is 19.1 Å². The van der Waals surface area contributed by atoms with E-state index in [-0.39, 0.29) is 32.1 Å². The molecule has 6 nitrogen and oxygen atoms in total. The summed E-state index contributed by atoms with van der Waals surface area (Å²) in [6, 6.07) is 8.69. The maximum atomic E-state index is 11.9. The minimum absolute atomic E-state index is 0.105. The molecular weight excluding hydrogens is 274 g/mol. The van der Waals surface area contributed by atoms with Gasteiger partial charge in [0.2, 0.25) is 5.91 Å². The molecule has 0 aromatic heterocycles. The number of carboxylic acid groups (broad SMARTS) is 1. The minimum atomic E-state index is -1.07. The van der Waals surface area contributed by atoms with Crippen LogP contribution in [0.5, 0.6) is 5.75 Å². The summed E-state index contributed by atoms with van der Waals surface area (Å²) >= 11 is 0. The number of rotatable bonds is 6. The van der Waals surface area contributed by atoms with Crippen molar-refractivity contribution in [2.75, 3.05) is 19.8 Å². The normalized spacial score (nSPS) is 24.5. The van der Waals surface area contributed by atoms with E-state index in [9.17, 15) is 14.7 Å². The van der Waals surface area contributed by atoms with Gasteiger partial charge in [0.25, 0.3) is 0 Å². The molecule has 2 rings (SSSR count). The predicted molar refractivity (Wildman–Crippen MR) is 75.0 cm³/mol. The molecule has 1 heterocycles. The summed E-state index contributed by atoms with van der Waals surface area (Å²) in [6.45, 7) is 2.14. The van der Waals surface area contributed by atoms with Gasteiger partial charge in [0, 0.05) is 0 Å². The van der Waals surface area contributed by atoms with Crippen LogP contribution in [-0.4, -0.2) is 42.8 Å². The number of hydrogen-bond donors (Lipinski definition) is 2. The van der Waals surface area contributed by atoms with E-state index < -0.39 is 17.4 Å². The number of carbonyl (C=O) groups excluding carboxylic acids is 1. The monoisotopic (exact) mass is 293 g/mol. The van der Waals surface area contributed by atoms with Crippen LogP contribution in [0.3, 0.4) is 0 Å². The first-order valence-electron chi connectivity index (χ1n) is 6.81. The SMILES string of the molecule is CC1(C(=O)O)COCC1NC(=O)CCOc1ccccc1. The molecule has 1 aromatic carbocycles. The zero-order valence-corrected chi connectivity index (χ0v) is 11.9. The molecule has 2 atom stereocenters. The number of hydrogen-bond acceptors (Lipinski definition) is 4. The fourth-order valence-corrected chi connectivity index (χ4v) is 2.13. The molecule has 1 amide bonds. The van der Waals surface area contributed by atoms with Gasteiger partial charge in [0.1, 0.15) is 11.2 Å². The number of ether oxygens (including phenoxy) is 2. The van der Waals surface area contributed by atoms with Crippen molar-refractivity contribution >= 4 is 11.9 Å². The summed E-state index contributed by atoms with van der Waals surface area (Å²) < 4.78 is 10.6. The Labute approximate surface area is 123 Å². The van der Waals surface area contributed by atoms with E-state index in [1.807, 2.05) is 30.3 Å². The quantitative estimate of drug-likeness (QED) is 0.819. The first-order valence-corrected chi connectivity index (χ1v) is 6.81. The van der Waals surface area contributed by atoms with Crippen LogP contribution in [-0.2, 0) is 14.3 Å². The molecule has 1 saturated heterocycles. The second-order valence-electron chi connectivity index (χ2n) is 5.27. The molecule has 0 aliphatic carbocycles. The first kappa shape index (κ1) is 15.3. The van der Waals surface area contributed by atoms with Crippen LogP contribution in [0.15, 0.2) is 30.3 Å². The smallest absolute Gasteiger partial charge is 0.313 e. The van der Waals surface area contributed by atoms with Gasteiger partial charge in [-0.15, -0.1) is 0 Å². The van der Waals surface area contributed by atoms with Crippen LogP contribution in [0, 0.1) is 5.41 Å². The lowest BCUT2D eigenvalue weighted by atomic mass is 9.85. The molecule has 1 aliphatic heterocycles. The third kappa shape index (κ3) is 3.72. The number of amides is 1. The Bertz CT molecular complexity index is 504. The highest BCUT2D eigenvalue weighted by Gasteiger charge is 2.47. The highest BCUT2D eigenvalue weighted by Crippen LogP contribution is 2.28. The number of benzene rings is 1. The highest BCUT2D eigenvalue weighted by atomic mass is 16.5. The Morgan fingerprint density at radius 2 is 2.14 bits per heavy atom. The Balaban J connectivity index is 1.78. The highest BCUT2D eigenvalue weighted by molar-refractivity contribution is 5.80.